The zero-order valence-electron chi connectivity index (χ0n) is 10.6. The molecule has 0 spiro atoms. The van der Waals surface area contributed by atoms with Gasteiger partial charge in [0.25, 0.3) is 5.91 Å². The Bertz CT molecular complexity index is 460. The zero-order chi connectivity index (χ0) is 12.5. The van der Waals surface area contributed by atoms with E-state index in [1.807, 2.05) is 0 Å². The normalized spacial score (nSPS) is 25.5. The summed E-state index contributed by atoms with van der Waals surface area (Å²) >= 11 is 1.55. The van der Waals surface area contributed by atoms with E-state index in [0.29, 0.717) is 11.7 Å². The molecule has 1 unspecified atom stereocenters. The average molecular weight is 304 g/mol. The predicted octanol–water partition coefficient (Wildman–Crippen LogP) is 1.50. The maximum absolute atomic E-state index is 11.9. The van der Waals surface area contributed by atoms with E-state index in [-0.39, 0.29) is 30.5 Å². The Hall–Kier alpha value is -0.690. The van der Waals surface area contributed by atoms with Gasteiger partial charge in [0, 0.05) is 17.5 Å². The van der Waals surface area contributed by atoms with Crippen molar-refractivity contribution < 1.29 is 9.53 Å². The number of aromatic nitrogens is 1. The van der Waals surface area contributed by atoms with E-state index >= 15 is 0 Å². The summed E-state index contributed by atoms with van der Waals surface area (Å²) in [7, 11) is 0. The summed E-state index contributed by atoms with van der Waals surface area (Å²) in [6.45, 7) is 0.682. The lowest BCUT2D eigenvalue weighted by Gasteiger charge is -2.15. The molecule has 1 amide bonds. The van der Waals surface area contributed by atoms with E-state index in [4.69, 9.17) is 10.5 Å². The largest absolute Gasteiger partial charge is 0.368 e. The van der Waals surface area contributed by atoms with E-state index in [2.05, 4.69) is 10.3 Å². The van der Waals surface area contributed by atoms with Gasteiger partial charge in [0.15, 0.2) is 5.13 Å². The SMILES string of the molecule is Cl.N[C@H]1CCc2nc(NC(=O)C3CCCO3)sc2C1. The van der Waals surface area contributed by atoms with Crippen LogP contribution in [0.4, 0.5) is 5.13 Å². The van der Waals surface area contributed by atoms with Crippen LogP contribution >= 0.6 is 23.7 Å². The Labute approximate surface area is 122 Å². The third kappa shape index (κ3) is 3.25. The molecule has 1 aromatic rings. The molecule has 3 N–H and O–H groups in total. The van der Waals surface area contributed by atoms with Gasteiger partial charge in [0.05, 0.1) is 5.69 Å². The number of hydrogen-bond donors (Lipinski definition) is 2. The number of nitrogens with zero attached hydrogens (tertiary/aromatic N) is 1. The molecular weight excluding hydrogens is 286 g/mol. The number of ether oxygens (including phenoxy) is 1. The van der Waals surface area contributed by atoms with Crippen LogP contribution in [0.2, 0.25) is 0 Å². The van der Waals surface area contributed by atoms with Gasteiger partial charge in [-0.1, -0.05) is 0 Å². The topological polar surface area (TPSA) is 77.2 Å². The molecule has 19 heavy (non-hydrogen) atoms. The Kier molecular flexibility index (Phi) is 4.78. The molecule has 2 aliphatic rings. The summed E-state index contributed by atoms with van der Waals surface area (Å²) < 4.78 is 5.35. The highest BCUT2D eigenvalue weighted by molar-refractivity contribution is 7.15. The van der Waals surface area contributed by atoms with E-state index in [0.717, 1.165) is 37.8 Å². The monoisotopic (exact) mass is 303 g/mol. The van der Waals surface area contributed by atoms with Crippen molar-refractivity contribution in [2.75, 3.05) is 11.9 Å². The van der Waals surface area contributed by atoms with Gasteiger partial charge < -0.3 is 10.5 Å². The summed E-state index contributed by atoms with van der Waals surface area (Å²) in [5, 5.41) is 3.55. The van der Waals surface area contributed by atoms with Crippen LogP contribution in [0.3, 0.4) is 0 Å². The summed E-state index contributed by atoms with van der Waals surface area (Å²) in [4.78, 5) is 17.6. The van der Waals surface area contributed by atoms with Crippen LogP contribution in [0.25, 0.3) is 0 Å². The van der Waals surface area contributed by atoms with Crippen LogP contribution in [0, 0.1) is 0 Å². The third-order valence-corrected chi connectivity index (χ3v) is 4.47. The van der Waals surface area contributed by atoms with Gasteiger partial charge in [-0.05, 0) is 32.1 Å². The highest BCUT2D eigenvalue weighted by Gasteiger charge is 2.26. The third-order valence-electron chi connectivity index (χ3n) is 3.43. The number of anilines is 1. The fraction of sp³-hybridized carbons (Fsp3) is 0.667. The molecule has 3 rings (SSSR count). The number of halogens is 1. The second-order valence-electron chi connectivity index (χ2n) is 4.88. The Morgan fingerprint density at radius 2 is 2.32 bits per heavy atom. The summed E-state index contributed by atoms with van der Waals surface area (Å²) in [6, 6.07) is 0.236. The molecule has 7 heteroatoms. The standard InChI is InChI=1S/C12H17N3O2S.ClH/c13-7-3-4-8-10(6-7)18-12(14-8)15-11(16)9-2-1-5-17-9;/h7,9H,1-6,13H2,(H,14,15,16);1H/t7-,9?;/m0./s1. The number of hydrogen-bond acceptors (Lipinski definition) is 5. The molecule has 0 aromatic carbocycles. The predicted molar refractivity (Wildman–Crippen MR) is 77.0 cm³/mol. The number of nitrogens with one attached hydrogen (secondary N) is 1. The van der Waals surface area contributed by atoms with Crippen LogP contribution < -0.4 is 11.1 Å². The lowest BCUT2D eigenvalue weighted by Crippen LogP contribution is -2.27. The van der Waals surface area contributed by atoms with Crippen molar-refractivity contribution in [1.29, 1.82) is 0 Å². The minimum Gasteiger partial charge on any atom is -0.368 e. The lowest BCUT2D eigenvalue weighted by atomic mass is 9.99. The average Bonchev–Trinajstić information content (AvgIpc) is 2.95. The first kappa shape index (κ1) is 14.7. The van der Waals surface area contributed by atoms with Crippen LogP contribution in [-0.2, 0) is 22.4 Å². The van der Waals surface area contributed by atoms with Gasteiger partial charge >= 0.3 is 0 Å². The number of aryl methyl sites for hydroxylation is 1. The molecule has 0 bridgehead atoms. The molecule has 2 atom stereocenters. The minimum atomic E-state index is -0.298. The highest BCUT2D eigenvalue weighted by atomic mass is 35.5. The molecule has 106 valence electrons. The molecule has 0 radical (unpaired) electrons. The van der Waals surface area contributed by atoms with Gasteiger partial charge in [0.2, 0.25) is 0 Å². The summed E-state index contributed by atoms with van der Waals surface area (Å²) in [6.07, 6.45) is 4.25. The van der Waals surface area contributed by atoms with Crippen molar-refractivity contribution in [3.8, 4) is 0 Å². The van der Waals surface area contributed by atoms with Gasteiger partial charge in [-0.3, -0.25) is 10.1 Å². The smallest absolute Gasteiger partial charge is 0.255 e. The fourth-order valence-corrected chi connectivity index (χ4v) is 3.53. The molecular formula is C12H18ClN3O2S. The van der Waals surface area contributed by atoms with Gasteiger partial charge in [-0.15, -0.1) is 23.7 Å². The number of amides is 1. The summed E-state index contributed by atoms with van der Waals surface area (Å²) in [5.41, 5.74) is 7.03. The van der Waals surface area contributed by atoms with Crippen LogP contribution in [0.1, 0.15) is 29.8 Å². The number of carbonyl (C=O) groups excluding carboxylic acids is 1. The van der Waals surface area contributed by atoms with Crippen molar-refractivity contribution >= 4 is 34.8 Å². The van der Waals surface area contributed by atoms with Crippen molar-refractivity contribution in [3.05, 3.63) is 10.6 Å². The molecule has 1 aliphatic carbocycles. The van der Waals surface area contributed by atoms with Crippen molar-refractivity contribution in [1.82, 2.24) is 4.98 Å². The fourth-order valence-electron chi connectivity index (χ4n) is 2.42. The maximum Gasteiger partial charge on any atom is 0.255 e. The van der Waals surface area contributed by atoms with E-state index < -0.39 is 0 Å². The summed E-state index contributed by atoms with van der Waals surface area (Å²) in [5.74, 6) is -0.0668. The van der Waals surface area contributed by atoms with Gasteiger partial charge in [-0.25, -0.2) is 4.98 Å². The lowest BCUT2D eigenvalue weighted by molar-refractivity contribution is -0.124. The van der Waals surface area contributed by atoms with Crippen molar-refractivity contribution in [3.63, 3.8) is 0 Å². The highest BCUT2D eigenvalue weighted by Crippen LogP contribution is 2.29. The molecule has 0 saturated carbocycles. The Balaban J connectivity index is 0.00000133. The van der Waals surface area contributed by atoms with E-state index in [1.165, 1.54) is 4.88 Å². The van der Waals surface area contributed by atoms with Crippen molar-refractivity contribution in [2.24, 2.45) is 5.73 Å². The first-order valence-corrected chi connectivity index (χ1v) is 7.20. The number of carbonyl (C=O) groups is 1. The van der Waals surface area contributed by atoms with Crippen LogP contribution in [0.5, 0.6) is 0 Å². The first-order valence-electron chi connectivity index (χ1n) is 6.39. The van der Waals surface area contributed by atoms with Crippen LogP contribution in [-0.4, -0.2) is 29.6 Å². The Morgan fingerprint density at radius 1 is 1.47 bits per heavy atom. The molecule has 1 fully saturated rings. The number of fused-ring (bicyclic) bond motifs is 1. The second kappa shape index (κ2) is 6.17. The number of thiazole rings is 1. The van der Waals surface area contributed by atoms with E-state index in [1.54, 1.807) is 11.3 Å². The van der Waals surface area contributed by atoms with Crippen molar-refractivity contribution in [2.45, 2.75) is 44.2 Å². The molecule has 2 heterocycles. The minimum absolute atomic E-state index is 0. The quantitative estimate of drug-likeness (QED) is 0.868. The first-order chi connectivity index (χ1) is 8.72. The second-order valence-corrected chi connectivity index (χ2v) is 5.97. The molecule has 1 aliphatic heterocycles. The van der Waals surface area contributed by atoms with Gasteiger partial charge in [0.1, 0.15) is 6.10 Å². The maximum atomic E-state index is 11.9. The Morgan fingerprint density at radius 3 is 3.05 bits per heavy atom. The molecule has 1 aromatic heterocycles. The molecule has 5 nitrogen and oxygen atoms in total. The van der Waals surface area contributed by atoms with E-state index in [9.17, 15) is 4.79 Å². The molecule has 1 saturated heterocycles. The number of rotatable bonds is 2. The zero-order valence-corrected chi connectivity index (χ0v) is 12.2. The van der Waals surface area contributed by atoms with Gasteiger partial charge in [-0.2, -0.15) is 0 Å². The number of nitrogens with two attached hydrogens (primary N) is 1. The van der Waals surface area contributed by atoms with Crippen LogP contribution in [0.15, 0.2) is 0 Å².